The third kappa shape index (κ3) is 2.65. The van der Waals surface area contributed by atoms with Crippen LogP contribution in [0.1, 0.15) is 12.3 Å². The number of para-hydroxylation sites is 1. The van der Waals surface area contributed by atoms with Crippen molar-refractivity contribution >= 4 is 5.91 Å². The van der Waals surface area contributed by atoms with Crippen molar-refractivity contribution in [3.05, 3.63) is 30.2 Å². The van der Waals surface area contributed by atoms with E-state index in [1.54, 1.807) is 13.2 Å². The standard InChI is InChI=1S/C12H12N3O3/c1-17-9-5-3-2-4-8(9)12-14-11(18-15-12)7-6-10(13)16/h2-5,13H,6-7H2,1H3. The van der Waals surface area contributed by atoms with E-state index in [1.807, 2.05) is 18.2 Å². The van der Waals surface area contributed by atoms with Crippen molar-refractivity contribution in [2.24, 2.45) is 0 Å². The molecule has 0 fully saturated rings. The average molecular weight is 246 g/mol. The first-order valence-corrected chi connectivity index (χ1v) is 5.41. The van der Waals surface area contributed by atoms with Gasteiger partial charge < -0.3 is 9.26 Å². The molecule has 1 heterocycles. The van der Waals surface area contributed by atoms with Crippen LogP contribution in [0.25, 0.3) is 11.4 Å². The lowest BCUT2D eigenvalue weighted by Crippen LogP contribution is -1.99. The zero-order valence-electron chi connectivity index (χ0n) is 9.84. The maximum Gasteiger partial charge on any atom is 0.238 e. The number of amides is 1. The molecule has 1 aromatic carbocycles. The maximum absolute atomic E-state index is 10.6. The van der Waals surface area contributed by atoms with Crippen LogP contribution in [0.2, 0.25) is 0 Å². The highest BCUT2D eigenvalue weighted by Gasteiger charge is 2.13. The van der Waals surface area contributed by atoms with E-state index in [-0.39, 0.29) is 12.8 Å². The van der Waals surface area contributed by atoms with Gasteiger partial charge in [-0.1, -0.05) is 17.3 Å². The number of aromatic nitrogens is 2. The summed E-state index contributed by atoms with van der Waals surface area (Å²) in [5, 5.41) is 3.83. The van der Waals surface area contributed by atoms with Crippen molar-refractivity contribution in [1.29, 1.82) is 0 Å². The summed E-state index contributed by atoms with van der Waals surface area (Å²) in [4.78, 5) is 14.7. The van der Waals surface area contributed by atoms with E-state index >= 15 is 0 Å². The highest BCUT2D eigenvalue weighted by molar-refractivity contribution is 5.73. The number of nitrogens with zero attached hydrogens (tertiary/aromatic N) is 2. The van der Waals surface area contributed by atoms with E-state index < -0.39 is 5.91 Å². The number of rotatable bonds is 5. The van der Waals surface area contributed by atoms with Crippen LogP contribution in [0, 0.1) is 0 Å². The molecular weight excluding hydrogens is 234 g/mol. The van der Waals surface area contributed by atoms with Crippen LogP contribution in [-0.2, 0) is 11.2 Å². The van der Waals surface area contributed by atoms with E-state index in [4.69, 9.17) is 15.0 Å². The van der Waals surface area contributed by atoms with Crippen LogP contribution in [0.3, 0.4) is 0 Å². The van der Waals surface area contributed by atoms with Gasteiger partial charge in [-0.05, 0) is 12.1 Å². The lowest BCUT2D eigenvalue weighted by Gasteiger charge is -2.02. The van der Waals surface area contributed by atoms with Gasteiger partial charge in [0.15, 0.2) is 0 Å². The second kappa shape index (κ2) is 5.31. The van der Waals surface area contributed by atoms with Crippen LogP contribution in [-0.4, -0.2) is 23.2 Å². The Morgan fingerprint density at radius 2 is 2.22 bits per heavy atom. The highest BCUT2D eigenvalue weighted by Crippen LogP contribution is 2.27. The van der Waals surface area contributed by atoms with Crippen molar-refractivity contribution < 1.29 is 14.1 Å². The first-order chi connectivity index (χ1) is 8.70. The lowest BCUT2D eigenvalue weighted by atomic mass is 10.2. The molecular formula is C12H12N3O3. The van der Waals surface area contributed by atoms with Crippen molar-refractivity contribution in [3.63, 3.8) is 0 Å². The van der Waals surface area contributed by atoms with Crippen LogP contribution in [0.4, 0.5) is 0 Å². The number of nitrogens with one attached hydrogen (secondary N) is 1. The molecule has 0 saturated heterocycles. The van der Waals surface area contributed by atoms with Crippen molar-refractivity contribution in [2.45, 2.75) is 12.8 Å². The summed E-state index contributed by atoms with van der Waals surface area (Å²) in [6, 6.07) is 7.32. The minimum atomic E-state index is -0.646. The van der Waals surface area contributed by atoms with Gasteiger partial charge in [0.1, 0.15) is 5.75 Å². The zero-order valence-corrected chi connectivity index (χ0v) is 9.84. The second-order valence-electron chi connectivity index (χ2n) is 3.64. The predicted octanol–water partition coefficient (Wildman–Crippen LogP) is 1.49. The molecule has 0 spiro atoms. The number of aryl methyl sites for hydroxylation is 1. The minimum Gasteiger partial charge on any atom is -0.496 e. The lowest BCUT2D eigenvalue weighted by molar-refractivity contribution is -0.118. The van der Waals surface area contributed by atoms with Crippen LogP contribution >= 0.6 is 0 Å². The van der Waals surface area contributed by atoms with Gasteiger partial charge >= 0.3 is 0 Å². The van der Waals surface area contributed by atoms with Crippen LogP contribution < -0.4 is 10.5 Å². The second-order valence-corrected chi connectivity index (χ2v) is 3.64. The topological polar surface area (TPSA) is 89.0 Å². The fraction of sp³-hybridized carbons (Fsp3) is 0.250. The average Bonchev–Trinajstić information content (AvgIpc) is 2.85. The Hall–Kier alpha value is -2.37. The number of hydrogen-bond donors (Lipinski definition) is 0. The normalized spacial score (nSPS) is 10.3. The monoisotopic (exact) mass is 246 g/mol. The van der Waals surface area contributed by atoms with E-state index in [9.17, 15) is 4.79 Å². The van der Waals surface area contributed by atoms with Gasteiger partial charge in [0, 0.05) is 12.8 Å². The Bertz CT molecular complexity index is 551. The molecule has 6 nitrogen and oxygen atoms in total. The third-order valence-corrected chi connectivity index (χ3v) is 2.38. The molecule has 1 amide bonds. The quantitative estimate of drug-likeness (QED) is 0.797. The molecule has 1 aromatic heterocycles. The molecule has 18 heavy (non-hydrogen) atoms. The molecule has 1 N–H and O–H groups in total. The molecule has 6 heteroatoms. The van der Waals surface area contributed by atoms with Crippen LogP contribution in [0.5, 0.6) is 5.75 Å². The summed E-state index contributed by atoms with van der Waals surface area (Å²) < 4.78 is 10.2. The first kappa shape index (κ1) is 12.1. The molecule has 0 aliphatic carbocycles. The molecule has 93 valence electrons. The predicted molar refractivity (Wildman–Crippen MR) is 62.7 cm³/mol. The number of ether oxygens (including phenoxy) is 1. The van der Waals surface area contributed by atoms with Gasteiger partial charge in [0.2, 0.25) is 17.6 Å². The number of carbonyl (C=O) groups excluding carboxylic acids is 1. The Balaban J connectivity index is 2.21. The van der Waals surface area contributed by atoms with Gasteiger partial charge in [-0.25, -0.2) is 0 Å². The molecule has 0 unspecified atom stereocenters. The van der Waals surface area contributed by atoms with Gasteiger partial charge in [0.25, 0.3) is 0 Å². The first-order valence-electron chi connectivity index (χ1n) is 5.41. The Morgan fingerprint density at radius 3 is 2.94 bits per heavy atom. The van der Waals surface area contributed by atoms with Gasteiger partial charge in [-0.15, -0.1) is 0 Å². The van der Waals surface area contributed by atoms with E-state index in [0.29, 0.717) is 17.5 Å². The molecule has 0 saturated carbocycles. The number of carbonyl (C=O) groups is 1. The van der Waals surface area contributed by atoms with Crippen molar-refractivity contribution in [1.82, 2.24) is 15.9 Å². The number of benzene rings is 1. The van der Waals surface area contributed by atoms with Gasteiger partial charge in [0.05, 0.1) is 12.7 Å². The third-order valence-electron chi connectivity index (χ3n) is 2.38. The van der Waals surface area contributed by atoms with E-state index in [0.717, 1.165) is 5.56 Å². The summed E-state index contributed by atoms with van der Waals surface area (Å²) in [5.41, 5.74) is 7.54. The van der Waals surface area contributed by atoms with Crippen molar-refractivity contribution in [3.8, 4) is 17.1 Å². The summed E-state index contributed by atoms with van der Waals surface area (Å²) in [6.45, 7) is 0. The summed E-state index contributed by atoms with van der Waals surface area (Å²) in [7, 11) is 1.57. The van der Waals surface area contributed by atoms with Crippen molar-refractivity contribution in [2.75, 3.05) is 7.11 Å². The maximum atomic E-state index is 10.6. The number of methoxy groups -OCH3 is 1. The summed E-state index contributed by atoms with van der Waals surface area (Å²) in [6.07, 6.45) is 0.359. The van der Waals surface area contributed by atoms with Gasteiger partial charge in [-0.2, -0.15) is 4.98 Å². The Morgan fingerprint density at radius 1 is 1.44 bits per heavy atom. The fourth-order valence-corrected chi connectivity index (χ4v) is 1.52. The summed E-state index contributed by atoms with van der Waals surface area (Å²) in [5.74, 6) is 0.768. The highest BCUT2D eigenvalue weighted by atomic mass is 16.5. The minimum absolute atomic E-state index is 0.0769. The molecule has 2 aromatic rings. The largest absolute Gasteiger partial charge is 0.496 e. The Labute approximate surface area is 104 Å². The smallest absolute Gasteiger partial charge is 0.238 e. The molecule has 0 aliphatic rings. The number of hydrogen-bond acceptors (Lipinski definition) is 5. The SMILES string of the molecule is COc1ccccc1-c1noc(CCC([NH])=O)n1. The molecule has 0 atom stereocenters. The van der Waals surface area contributed by atoms with Crippen LogP contribution in [0.15, 0.2) is 28.8 Å². The van der Waals surface area contributed by atoms with Gasteiger partial charge in [-0.3, -0.25) is 10.5 Å². The zero-order chi connectivity index (χ0) is 13.0. The Kier molecular flexibility index (Phi) is 3.57. The van der Waals surface area contributed by atoms with E-state index in [1.165, 1.54) is 0 Å². The van der Waals surface area contributed by atoms with E-state index in [2.05, 4.69) is 10.1 Å². The summed E-state index contributed by atoms with van der Waals surface area (Å²) >= 11 is 0. The fourth-order valence-electron chi connectivity index (χ4n) is 1.52. The molecule has 1 radical (unpaired) electrons. The molecule has 0 aliphatic heterocycles. The molecule has 0 bridgehead atoms. The molecule has 2 rings (SSSR count).